The maximum Gasteiger partial charge on any atom is 0.306 e. The molecule has 1 unspecified atom stereocenters. The zero-order valence-corrected chi connectivity index (χ0v) is 33.3. The van der Waals surface area contributed by atoms with Gasteiger partial charge < -0.3 is 14.2 Å². The van der Waals surface area contributed by atoms with Crippen molar-refractivity contribution < 1.29 is 28.6 Å². The average Bonchev–Trinajstić information content (AvgIpc) is 3.14. The zero-order chi connectivity index (χ0) is 38.0. The van der Waals surface area contributed by atoms with E-state index in [1.165, 1.54) is 12.8 Å². The van der Waals surface area contributed by atoms with Crippen LogP contribution in [-0.4, -0.2) is 37.2 Å². The van der Waals surface area contributed by atoms with Crippen LogP contribution in [0.5, 0.6) is 0 Å². The molecule has 0 aromatic carbocycles. The van der Waals surface area contributed by atoms with Gasteiger partial charge >= 0.3 is 17.9 Å². The Labute approximate surface area is 318 Å². The van der Waals surface area contributed by atoms with Gasteiger partial charge in [0.2, 0.25) is 0 Å². The molecular formula is C46H74O6. The maximum absolute atomic E-state index is 12.6. The molecule has 52 heavy (non-hydrogen) atoms. The predicted molar refractivity (Wildman–Crippen MR) is 219 cm³/mol. The molecule has 0 aromatic heterocycles. The molecule has 0 N–H and O–H groups in total. The highest BCUT2D eigenvalue weighted by Crippen LogP contribution is 2.11. The molecule has 0 heterocycles. The number of carbonyl (C=O) groups excluding carboxylic acids is 3. The fourth-order valence-electron chi connectivity index (χ4n) is 5.07. The van der Waals surface area contributed by atoms with Crippen molar-refractivity contribution in [2.75, 3.05) is 13.2 Å². The van der Waals surface area contributed by atoms with Gasteiger partial charge in [-0.3, -0.25) is 14.4 Å². The third-order valence-electron chi connectivity index (χ3n) is 8.14. The van der Waals surface area contributed by atoms with Gasteiger partial charge in [-0.15, -0.1) is 0 Å². The van der Waals surface area contributed by atoms with Crippen LogP contribution in [0.4, 0.5) is 0 Å². The van der Waals surface area contributed by atoms with Gasteiger partial charge in [-0.1, -0.05) is 144 Å². The summed E-state index contributed by atoms with van der Waals surface area (Å²) in [6.45, 7) is 6.23. The number of carbonyl (C=O) groups is 3. The van der Waals surface area contributed by atoms with E-state index in [0.717, 1.165) is 109 Å². The highest BCUT2D eigenvalue weighted by atomic mass is 16.6. The molecule has 0 aliphatic carbocycles. The molecule has 0 saturated carbocycles. The van der Waals surface area contributed by atoms with E-state index in [4.69, 9.17) is 14.2 Å². The Kier molecular flexibility index (Phi) is 37.7. The number of rotatable bonds is 35. The molecule has 1 atom stereocenters. The van der Waals surface area contributed by atoms with Crippen molar-refractivity contribution in [1.82, 2.24) is 0 Å². The number of ether oxygens (including phenoxy) is 3. The highest BCUT2D eigenvalue weighted by molar-refractivity contribution is 5.71. The number of unbranched alkanes of at least 4 members (excludes halogenated alkanes) is 11. The van der Waals surface area contributed by atoms with Crippen LogP contribution >= 0.6 is 0 Å². The lowest BCUT2D eigenvalue weighted by Crippen LogP contribution is -2.30. The summed E-state index contributed by atoms with van der Waals surface area (Å²) in [6.07, 6.45) is 50.1. The topological polar surface area (TPSA) is 78.9 Å². The third kappa shape index (κ3) is 37.8. The van der Waals surface area contributed by atoms with Crippen LogP contribution in [0, 0.1) is 0 Å². The van der Waals surface area contributed by atoms with Gasteiger partial charge in [0.15, 0.2) is 6.10 Å². The van der Waals surface area contributed by atoms with Crippen molar-refractivity contribution in [3.8, 4) is 0 Å². The molecule has 0 radical (unpaired) electrons. The van der Waals surface area contributed by atoms with Crippen LogP contribution in [0.1, 0.15) is 168 Å². The van der Waals surface area contributed by atoms with Crippen molar-refractivity contribution in [2.24, 2.45) is 0 Å². The summed E-state index contributed by atoms with van der Waals surface area (Å²) >= 11 is 0. The molecule has 0 rings (SSSR count). The van der Waals surface area contributed by atoms with Crippen molar-refractivity contribution >= 4 is 17.9 Å². The molecule has 0 fully saturated rings. The summed E-state index contributed by atoms with van der Waals surface area (Å²) in [5, 5.41) is 0. The summed E-state index contributed by atoms with van der Waals surface area (Å²) in [6, 6.07) is 0. The largest absolute Gasteiger partial charge is 0.462 e. The Morgan fingerprint density at radius 3 is 1.37 bits per heavy atom. The summed E-state index contributed by atoms with van der Waals surface area (Å²) < 4.78 is 16.5. The highest BCUT2D eigenvalue weighted by Gasteiger charge is 2.19. The minimum Gasteiger partial charge on any atom is -0.462 e. The second kappa shape index (κ2) is 40.4. The first-order valence-corrected chi connectivity index (χ1v) is 20.6. The second-order valence-corrected chi connectivity index (χ2v) is 13.2. The van der Waals surface area contributed by atoms with E-state index in [1.54, 1.807) is 0 Å². The molecule has 6 nitrogen and oxygen atoms in total. The molecule has 0 saturated heterocycles. The summed E-state index contributed by atoms with van der Waals surface area (Å²) in [5.41, 5.74) is 0. The van der Waals surface area contributed by atoms with Crippen LogP contribution in [-0.2, 0) is 28.6 Å². The molecule has 0 amide bonds. The van der Waals surface area contributed by atoms with Crippen molar-refractivity contribution in [3.63, 3.8) is 0 Å². The van der Waals surface area contributed by atoms with Crippen LogP contribution in [0.15, 0.2) is 85.1 Å². The van der Waals surface area contributed by atoms with E-state index >= 15 is 0 Å². The number of hydrogen-bond acceptors (Lipinski definition) is 6. The van der Waals surface area contributed by atoms with Gasteiger partial charge in [0, 0.05) is 19.3 Å². The normalized spacial score (nSPS) is 12.9. The SMILES string of the molecule is CC/C=C\C/C=C\C/C=C\CCCC(=O)OC(COC(=O)CCCCC/C=C\C=C/CCCC)COC(=O)CCCCCCC/C=C\C/C=C\CC. The van der Waals surface area contributed by atoms with Crippen LogP contribution in [0.3, 0.4) is 0 Å². The standard InChI is InChI=1S/C46H74O6/c1-4-7-10-13-16-19-22-25-27-30-33-36-39-45(48)51-42-43(52-46(49)40-37-34-31-28-24-21-18-15-12-9-6-3)41-50-44(47)38-35-32-29-26-23-20-17-14-11-8-5-2/h7,9-10,12,14,16-21,23,28,31,43H,4-6,8,11,13,15,22,24-27,29-30,32-42H2,1-3H3/b10-7-,12-9-,17-14-,19-16-,21-18-,23-20-,31-28-. The lowest BCUT2D eigenvalue weighted by Gasteiger charge is -2.18. The molecule has 0 spiro atoms. The summed E-state index contributed by atoms with van der Waals surface area (Å²) in [5.74, 6) is -1.03. The van der Waals surface area contributed by atoms with Crippen LogP contribution in [0.2, 0.25) is 0 Å². The van der Waals surface area contributed by atoms with Gasteiger partial charge in [0.05, 0.1) is 0 Å². The summed E-state index contributed by atoms with van der Waals surface area (Å²) in [7, 11) is 0. The lowest BCUT2D eigenvalue weighted by molar-refractivity contribution is -0.167. The van der Waals surface area contributed by atoms with Gasteiger partial charge in [-0.25, -0.2) is 0 Å². The van der Waals surface area contributed by atoms with Crippen molar-refractivity contribution in [1.29, 1.82) is 0 Å². The molecule has 0 bridgehead atoms. The minimum absolute atomic E-state index is 0.115. The average molecular weight is 723 g/mol. The smallest absolute Gasteiger partial charge is 0.306 e. The summed E-state index contributed by atoms with van der Waals surface area (Å²) in [4.78, 5) is 37.5. The van der Waals surface area contributed by atoms with Crippen LogP contribution in [0.25, 0.3) is 0 Å². The maximum atomic E-state index is 12.6. The number of esters is 3. The van der Waals surface area contributed by atoms with Crippen LogP contribution < -0.4 is 0 Å². The molecular weight excluding hydrogens is 648 g/mol. The third-order valence-corrected chi connectivity index (χ3v) is 8.14. The first kappa shape index (κ1) is 48.6. The quantitative estimate of drug-likeness (QED) is 0.0213. The molecule has 6 heteroatoms. The Hall–Kier alpha value is -3.41. The van der Waals surface area contributed by atoms with E-state index in [9.17, 15) is 14.4 Å². The first-order chi connectivity index (χ1) is 25.5. The van der Waals surface area contributed by atoms with E-state index in [2.05, 4.69) is 106 Å². The Bertz CT molecular complexity index is 1060. The van der Waals surface area contributed by atoms with Crippen molar-refractivity contribution in [3.05, 3.63) is 85.1 Å². The first-order valence-electron chi connectivity index (χ1n) is 20.6. The van der Waals surface area contributed by atoms with E-state index in [1.807, 2.05) is 0 Å². The van der Waals surface area contributed by atoms with E-state index in [-0.39, 0.29) is 37.5 Å². The lowest BCUT2D eigenvalue weighted by atomic mass is 10.1. The van der Waals surface area contributed by atoms with Gasteiger partial charge in [-0.05, 0) is 89.9 Å². The van der Waals surface area contributed by atoms with Gasteiger partial charge in [0.25, 0.3) is 0 Å². The molecule has 294 valence electrons. The fourth-order valence-corrected chi connectivity index (χ4v) is 5.07. The Morgan fingerprint density at radius 1 is 0.423 bits per heavy atom. The fraction of sp³-hybridized carbons (Fsp3) is 0.630. The predicted octanol–water partition coefficient (Wildman–Crippen LogP) is 12.9. The monoisotopic (exact) mass is 723 g/mol. The van der Waals surface area contributed by atoms with Gasteiger partial charge in [0.1, 0.15) is 13.2 Å². The minimum atomic E-state index is -0.816. The van der Waals surface area contributed by atoms with E-state index in [0.29, 0.717) is 19.3 Å². The van der Waals surface area contributed by atoms with E-state index < -0.39 is 6.10 Å². The molecule has 0 aliphatic heterocycles. The number of hydrogen-bond donors (Lipinski definition) is 0. The Morgan fingerprint density at radius 2 is 0.827 bits per heavy atom. The molecule has 0 aliphatic rings. The number of allylic oxidation sites excluding steroid dienone is 14. The Balaban J connectivity index is 4.53. The molecule has 0 aromatic rings. The second-order valence-electron chi connectivity index (χ2n) is 13.2. The zero-order valence-electron chi connectivity index (χ0n) is 33.3. The van der Waals surface area contributed by atoms with Gasteiger partial charge in [-0.2, -0.15) is 0 Å². The van der Waals surface area contributed by atoms with Crippen molar-refractivity contribution in [2.45, 2.75) is 175 Å².